The number of hydrogen-bond acceptors (Lipinski definition) is 13. The van der Waals surface area contributed by atoms with Gasteiger partial charge in [0.05, 0.1) is 81.8 Å². The normalized spacial score (nSPS) is 16.6. The fourth-order valence-corrected chi connectivity index (χ4v) is 9.37. The van der Waals surface area contributed by atoms with Gasteiger partial charge < -0.3 is 38.1 Å². The van der Waals surface area contributed by atoms with E-state index in [1.807, 2.05) is 64.7 Å². The van der Waals surface area contributed by atoms with Crippen molar-refractivity contribution in [2.45, 2.75) is 56.7 Å². The minimum absolute atomic E-state index is 0.139. The van der Waals surface area contributed by atoms with E-state index >= 15 is 0 Å². The van der Waals surface area contributed by atoms with Crippen LogP contribution in [0.4, 0.5) is 28.4 Å². The van der Waals surface area contributed by atoms with Crippen molar-refractivity contribution in [3.8, 4) is 23.0 Å². The van der Waals surface area contributed by atoms with E-state index < -0.39 is 0 Å². The molecule has 0 radical (unpaired) electrons. The monoisotopic (exact) mass is 939 g/mol. The highest BCUT2D eigenvalue weighted by Gasteiger charge is 2.38. The molecule has 354 valence electrons. The Morgan fingerprint density at radius 1 is 0.632 bits per heavy atom. The van der Waals surface area contributed by atoms with E-state index in [1.165, 1.54) is 0 Å². The van der Waals surface area contributed by atoms with Crippen LogP contribution in [-0.4, -0.2) is 109 Å². The molecule has 15 heteroatoms. The number of ether oxygens (including phenoxy) is 7. The van der Waals surface area contributed by atoms with Gasteiger partial charge in [-0.05, 0) is 78.6 Å². The van der Waals surface area contributed by atoms with Gasteiger partial charge in [0.25, 0.3) is 11.8 Å². The van der Waals surface area contributed by atoms with Gasteiger partial charge in [-0.25, -0.2) is 0 Å². The first-order valence-electron chi connectivity index (χ1n) is 22.9. The maximum atomic E-state index is 14.1. The van der Waals surface area contributed by atoms with Crippen LogP contribution in [0, 0.1) is 0 Å². The van der Waals surface area contributed by atoms with Gasteiger partial charge in [0.2, 0.25) is 0 Å². The number of para-hydroxylation sites is 2. The summed E-state index contributed by atoms with van der Waals surface area (Å²) in [4.78, 5) is 43.7. The predicted octanol–water partition coefficient (Wildman–Crippen LogP) is 8.63. The topological polar surface area (TPSA) is 133 Å². The molecule has 0 spiro atoms. The Morgan fingerprint density at radius 3 is 1.60 bits per heavy atom. The molecule has 0 saturated carbocycles. The lowest BCUT2D eigenvalue weighted by Crippen LogP contribution is -2.37. The van der Waals surface area contributed by atoms with Crippen molar-refractivity contribution in [1.29, 1.82) is 0 Å². The van der Waals surface area contributed by atoms with E-state index in [9.17, 15) is 9.59 Å². The number of anilines is 3. The fraction of sp³-hybridized carbons (Fsp3) is 0.358. The summed E-state index contributed by atoms with van der Waals surface area (Å²) in [6, 6.07) is 28.8. The van der Waals surface area contributed by atoms with Crippen LogP contribution in [0.15, 0.2) is 101 Å². The summed E-state index contributed by atoms with van der Waals surface area (Å²) in [7, 11) is 4.77. The Bertz CT molecular complexity index is 2580. The zero-order chi connectivity index (χ0) is 47.4. The lowest BCUT2D eigenvalue weighted by atomic mass is 10.1. The van der Waals surface area contributed by atoms with Crippen LogP contribution in [0.2, 0.25) is 0 Å². The number of carbonyl (C=O) groups excluding carboxylic acids is 2. The van der Waals surface area contributed by atoms with Gasteiger partial charge in [-0.3, -0.25) is 29.4 Å². The number of benzene rings is 5. The second kappa shape index (κ2) is 20.5. The average molecular weight is 940 g/mol. The molecule has 14 nitrogen and oxygen atoms in total. The maximum absolute atomic E-state index is 14.1. The van der Waals surface area contributed by atoms with Crippen LogP contribution in [0.5, 0.6) is 23.0 Å². The van der Waals surface area contributed by atoms with Crippen LogP contribution in [0.1, 0.15) is 56.8 Å². The van der Waals surface area contributed by atoms with Crippen LogP contribution < -0.4 is 33.6 Å². The van der Waals surface area contributed by atoms with Crippen molar-refractivity contribution in [2.24, 2.45) is 9.98 Å². The van der Waals surface area contributed by atoms with E-state index in [0.29, 0.717) is 104 Å². The molecular formula is C53H57N5O9S. The molecule has 9 rings (SSSR count). The van der Waals surface area contributed by atoms with Gasteiger partial charge in [-0.15, -0.1) is 0 Å². The second-order valence-electron chi connectivity index (χ2n) is 17.8. The third kappa shape index (κ3) is 10.1. The van der Waals surface area contributed by atoms with Crippen LogP contribution in [0.25, 0.3) is 0 Å². The first-order valence-corrected chi connectivity index (χ1v) is 23.3. The molecule has 4 aliphatic rings. The van der Waals surface area contributed by atoms with Crippen LogP contribution in [-0.2, 0) is 40.3 Å². The lowest BCUT2D eigenvalue weighted by Gasteiger charge is -2.32. The molecule has 4 aliphatic heterocycles. The molecule has 2 atom stereocenters. The number of aliphatic imine (C=N–C) groups is 2. The first kappa shape index (κ1) is 46.7. The maximum Gasteiger partial charge on any atom is 0.261 e. The van der Waals surface area contributed by atoms with Crippen molar-refractivity contribution in [3.63, 3.8) is 0 Å². The Balaban J connectivity index is 0.990. The van der Waals surface area contributed by atoms with Crippen molar-refractivity contribution < 1.29 is 42.7 Å². The SMILES string of the molecule is COCCOCCOCCN(CC(C)(C)S)c1cc(COc2cc3c(cc2OC)C(=O)N2c4ccccc4C[C@H]2C=N3)cc(COc2cc3c(cc2OC)C(=O)N2c4ccccc4C[C@@H]2C=N3)c1. The smallest absolute Gasteiger partial charge is 0.261 e. The molecule has 0 aliphatic carbocycles. The number of carbonyl (C=O) groups is 2. The average Bonchev–Trinajstić information content (AvgIpc) is 3.83. The minimum Gasteiger partial charge on any atom is -0.493 e. The van der Waals surface area contributed by atoms with Gasteiger partial charge >= 0.3 is 0 Å². The Labute approximate surface area is 402 Å². The highest BCUT2D eigenvalue weighted by atomic mass is 32.1. The summed E-state index contributed by atoms with van der Waals surface area (Å²) in [5.74, 6) is 1.46. The Kier molecular flexibility index (Phi) is 14.1. The van der Waals surface area contributed by atoms with Crippen molar-refractivity contribution >= 4 is 65.3 Å². The second-order valence-corrected chi connectivity index (χ2v) is 19.0. The summed E-state index contributed by atoms with van der Waals surface area (Å²) in [5.41, 5.74) is 8.54. The highest BCUT2D eigenvalue weighted by Crippen LogP contribution is 2.43. The third-order valence-corrected chi connectivity index (χ3v) is 12.5. The summed E-state index contributed by atoms with van der Waals surface area (Å²) in [6.45, 7) is 8.05. The summed E-state index contributed by atoms with van der Waals surface area (Å²) >= 11 is 4.94. The molecule has 0 aromatic heterocycles. The van der Waals surface area contributed by atoms with Crippen LogP contribution in [0.3, 0.4) is 0 Å². The molecule has 0 bridgehead atoms. The van der Waals surface area contributed by atoms with E-state index in [0.717, 1.165) is 39.3 Å². The van der Waals surface area contributed by atoms with E-state index in [2.05, 4.69) is 43.0 Å². The molecular weight excluding hydrogens is 883 g/mol. The quantitative estimate of drug-likeness (QED) is 0.0598. The number of hydrogen-bond donors (Lipinski definition) is 1. The molecule has 0 unspecified atom stereocenters. The molecule has 68 heavy (non-hydrogen) atoms. The van der Waals surface area contributed by atoms with E-state index in [1.54, 1.807) is 45.6 Å². The molecule has 0 fully saturated rings. The lowest BCUT2D eigenvalue weighted by molar-refractivity contribution is 0.0264. The highest BCUT2D eigenvalue weighted by molar-refractivity contribution is 7.81. The van der Waals surface area contributed by atoms with Gasteiger partial charge in [0.1, 0.15) is 13.2 Å². The molecule has 2 amide bonds. The van der Waals surface area contributed by atoms with Crippen molar-refractivity contribution in [3.05, 3.63) is 124 Å². The number of methoxy groups -OCH3 is 3. The number of nitrogens with zero attached hydrogens (tertiary/aromatic N) is 5. The summed E-state index contributed by atoms with van der Waals surface area (Å²) in [5, 5.41) is 0. The van der Waals surface area contributed by atoms with Crippen molar-refractivity contribution in [2.75, 3.05) is 82.2 Å². The molecule has 4 heterocycles. The van der Waals surface area contributed by atoms with Gasteiger partial charge in [-0.1, -0.05) is 36.4 Å². The van der Waals surface area contributed by atoms with E-state index in [4.69, 9.17) is 55.8 Å². The van der Waals surface area contributed by atoms with Gasteiger partial charge in [-0.2, -0.15) is 12.6 Å². The largest absolute Gasteiger partial charge is 0.493 e. The zero-order valence-electron chi connectivity index (χ0n) is 39.1. The minimum atomic E-state index is -0.360. The zero-order valence-corrected chi connectivity index (χ0v) is 40.0. The standard InChI is InChI=1S/C53H57N5O9S/c1-53(2,68)33-56(14-15-64-18-19-65-17-16-61-3)38-21-34(31-66-49-27-43-41(25-47(49)62-4)51(59)57-39(29-54-43)23-36-10-6-8-12-45(36)57)20-35(22-38)32-67-50-28-44-42(26-48(50)63-5)52(60)58-40(30-55-44)24-37-11-7-9-13-46(37)58/h6-13,20-22,25-30,39-40,68H,14-19,23-24,31-33H2,1-5H3/t39-,40+. The predicted molar refractivity (Wildman–Crippen MR) is 268 cm³/mol. The van der Waals surface area contributed by atoms with E-state index in [-0.39, 0.29) is 41.9 Å². The summed E-state index contributed by atoms with van der Waals surface area (Å²) < 4.78 is 41.2. The van der Waals surface area contributed by atoms with Crippen LogP contribution >= 0.6 is 12.6 Å². The molecule has 0 N–H and O–H groups in total. The summed E-state index contributed by atoms with van der Waals surface area (Å²) in [6.07, 6.45) is 5.08. The number of fused-ring (bicyclic) bond motifs is 8. The van der Waals surface area contributed by atoms with Crippen molar-refractivity contribution in [1.82, 2.24) is 0 Å². The Hall–Kier alpha value is -6.39. The number of rotatable bonds is 20. The molecule has 5 aromatic carbocycles. The fourth-order valence-electron chi connectivity index (χ4n) is 9.20. The van der Waals surface area contributed by atoms with Gasteiger partial charge in [0, 0.05) is 79.4 Å². The van der Waals surface area contributed by atoms with Gasteiger partial charge in [0.15, 0.2) is 23.0 Å². The Morgan fingerprint density at radius 2 is 1.12 bits per heavy atom. The first-order chi connectivity index (χ1) is 33.0. The molecule has 5 aromatic rings. The number of thiol groups is 1. The third-order valence-electron chi connectivity index (χ3n) is 12.3. The molecule has 0 saturated heterocycles. The number of amides is 2.